The molecule has 3 rings (SSSR count). The van der Waals surface area contributed by atoms with Gasteiger partial charge in [-0.05, 0) is 31.2 Å². The molecular weight excluding hydrogens is 298 g/mol. The highest BCUT2D eigenvalue weighted by molar-refractivity contribution is 5.91. The van der Waals surface area contributed by atoms with Gasteiger partial charge in [0.05, 0.1) is 18.9 Å². The molecule has 23 heavy (non-hydrogen) atoms. The summed E-state index contributed by atoms with van der Waals surface area (Å²) in [5.74, 6) is 0.0435. The van der Waals surface area contributed by atoms with Gasteiger partial charge in [0.25, 0.3) is 5.56 Å². The molecule has 0 aliphatic heterocycles. The van der Waals surface area contributed by atoms with E-state index in [-0.39, 0.29) is 17.4 Å². The van der Waals surface area contributed by atoms with E-state index < -0.39 is 5.97 Å². The van der Waals surface area contributed by atoms with Gasteiger partial charge in [0, 0.05) is 22.9 Å². The Bertz CT molecular complexity index is 934. The summed E-state index contributed by atoms with van der Waals surface area (Å²) >= 11 is 0. The molecule has 2 N–H and O–H groups in total. The Hall–Kier alpha value is -3.02. The molecule has 3 aromatic rings. The van der Waals surface area contributed by atoms with Gasteiger partial charge in [-0.1, -0.05) is 0 Å². The number of carboxylic acids is 1. The zero-order chi connectivity index (χ0) is 16.6. The molecule has 0 aliphatic rings. The number of aryl methyl sites for hydroxylation is 1. The Morgan fingerprint density at radius 1 is 1.30 bits per heavy atom. The molecule has 2 aromatic heterocycles. The lowest BCUT2D eigenvalue weighted by molar-refractivity contribution is -0.136. The monoisotopic (exact) mass is 313 g/mol. The summed E-state index contributed by atoms with van der Waals surface area (Å²) in [5, 5.41) is 9.45. The van der Waals surface area contributed by atoms with E-state index in [1.54, 1.807) is 44.4 Å². The Balaban J connectivity index is 2.27. The van der Waals surface area contributed by atoms with Crippen molar-refractivity contribution in [1.29, 1.82) is 0 Å². The van der Waals surface area contributed by atoms with E-state index in [2.05, 4.69) is 4.98 Å². The maximum absolute atomic E-state index is 12.2. The van der Waals surface area contributed by atoms with Gasteiger partial charge < -0.3 is 19.2 Å². The first-order valence-corrected chi connectivity index (χ1v) is 7.01. The number of hydrogen-bond acceptors (Lipinski definition) is 4. The molecule has 0 spiro atoms. The van der Waals surface area contributed by atoms with Crippen LogP contribution in [0.4, 0.5) is 0 Å². The first-order valence-electron chi connectivity index (χ1n) is 7.01. The average molecular weight is 313 g/mol. The number of benzene rings is 1. The van der Waals surface area contributed by atoms with Crippen LogP contribution < -0.4 is 10.3 Å². The van der Waals surface area contributed by atoms with Gasteiger partial charge in [-0.2, -0.15) is 0 Å². The van der Waals surface area contributed by atoms with Gasteiger partial charge in [-0.3, -0.25) is 9.59 Å². The highest BCUT2D eigenvalue weighted by Crippen LogP contribution is 2.33. The van der Waals surface area contributed by atoms with Crippen LogP contribution in [0.5, 0.6) is 5.75 Å². The molecule has 118 valence electrons. The van der Waals surface area contributed by atoms with E-state index in [1.807, 2.05) is 0 Å². The van der Waals surface area contributed by atoms with Crippen LogP contribution in [0.15, 0.2) is 39.5 Å². The smallest absolute Gasteiger partial charge is 0.307 e. The molecule has 0 saturated heterocycles. The summed E-state index contributed by atoms with van der Waals surface area (Å²) in [4.78, 5) is 26.1. The van der Waals surface area contributed by atoms with Crippen LogP contribution in [0.2, 0.25) is 0 Å². The number of pyridine rings is 1. The zero-order valence-electron chi connectivity index (χ0n) is 12.7. The maximum atomic E-state index is 12.2. The van der Waals surface area contributed by atoms with Gasteiger partial charge in [0.2, 0.25) is 0 Å². The van der Waals surface area contributed by atoms with Crippen molar-refractivity contribution in [1.82, 2.24) is 4.98 Å². The average Bonchev–Trinajstić information content (AvgIpc) is 2.85. The zero-order valence-corrected chi connectivity index (χ0v) is 12.7. The highest BCUT2D eigenvalue weighted by Gasteiger charge is 2.21. The third kappa shape index (κ3) is 2.70. The maximum Gasteiger partial charge on any atom is 0.307 e. The number of H-pyrrole nitrogens is 1. The van der Waals surface area contributed by atoms with E-state index in [1.165, 1.54) is 0 Å². The molecule has 0 bridgehead atoms. The second kappa shape index (κ2) is 5.64. The summed E-state index contributed by atoms with van der Waals surface area (Å²) in [5.41, 5.74) is 1.75. The number of hydrogen-bond donors (Lipinski definition) is 2. The van der Waals surface area contributed by atoms with Crippen LogP contribution in [0, 0.1) is 6.92 Å². The molecule has 1 aromatic carbocycles. The summed E-state index contributed by atoms with van der Waals surface area (Å²) in [6, 6.07) is 8.73. The summed E-state index contributed by atoms with van der Waals surface area (Å²) in [7, 11) is 1.56. The molecule has 0 atom stereocenters. The summed E-state index contributed by atoms with van der Waals surface area (Å²) in [6.45, 7) is 1.74. The first kappa shape index (κ1) is 14.9. The summed E-state index contributed by atoms with van der Waals surface area (Å²) in [6.07, 6.45) is -0.291. The molecule has 0 aliphatic carbocycles. The lowest BCUT2D eigenvalue weighted by Gasteiger charge is -2.03. The third-order valence-corrected chi connectivity index (χ3v) is 3.60. The van der Waals surface area contributed by atoms with E-state index in [0.717, 1.165) is 0 Å². The van der Waals surface area contributed by atoms with Gasteiger partial charge in [-0.25, -0.2) is 0 Å². The number of aromatic nitrogens is 1. The van der Waals surface area contributed by atoms with Crippen LogP contribution in [0.25, 0.3) is 22.3 Å². The molecule has 6 nitrogen and oxygen atoms in total. The van der Waals surface area contributed by atoms with Crippen LogP contribution >= 0.6 is 0 Å². The number of furan rings is 1. The van der Waals surface area contributed by atoms with Crippen molar-refractivity contribution >= 4 is 16.9 Å². The van der Waals surface area contributed by atoms with E-state index >= 15 is 0 Å². The molecular formula is C17H15NO5. The van der Waals surface area contributed by atoms with Gasteiger partial charge in [-0.15, -0.1) is 0 Å². The molecule has 2 heterocycles. The molecule has 0 saturated carbocycles. The quantitative estimate of drug-likeness (QED) is 0.772. The van der Waals surface area contributed by atoms with Crippen molar-refractivity contribution in [2.75, 3.05) is 7.11 Å². The third-order valence-electron chi connectivity index (χ3n) is 3.60. The van der Waals surface area contributed by atoms with E-state index in [4.69, 9.17) is 14.3 Å². The van der Waals surface area contributed by atoms with Gasteiger partial charge >= 0.3 is 5.97 Å². The van der Waals surface area contributed by atoms with Crippen LogP contribution in [-0.4, -0.2) is 23.2 Å². The minimum atomic E-state index is -1.03. The van der Waals surface area contributed by atoms with E-state index in [0.29, 0.717) is 33.9 Å². The second-order valence-corrected chi connectivity index (χ2v) is 5.23. The fourth-order valence-corrected chi connectivity index (χ4v) is 2.61. The molecule has 6 heteroatoms. The number of carboxylic acid groups (broad SMARTS) is 1. The van der Waals surface area contributed by atoms with Crippen molar-refractivity contribution < 1.29 is 19.1 Å². The van der Waals surface area contributed by atoms with Crippen LogP contribution in [0.3, 0.4) is 0 Å². The predicted octanol–water partition coefficient (Wildman–Crippen LogP) is 2.73. The Labute approximate surface area is 131 Å². The second-order valence-electron chi connectivity index (χ2n) is 5.23. The Morgan fingerprint density at radius 2 is 2.00 bits per heavy atom. The molecule has 0 unspecified atom stereocenters. The SMILES string of the molecule is COc1ccc(-c2oc3cc(C)[nH]c(=O)c3c2CC(=O)O)cc1. The normalized spacial score (nSPS) is 10.9. The standard InChI is InChI=1S/C17H15NO5/c1-9-7-13-15(17(21)18-9)12(8-14(19)20)16(23-13)10-3-5-11(22-2)6-4-10/h3-7H,8H2,1-2H3,(H,18,21)(H,19,20). The molecule has 0 amide bonds. The van der Waals surface area contributed by atoms with Crippen molar-refractivity contribution in [3.8, 4) is 17.1 Å². The Morgan fingerprint density at radius 3 is 2.61 bits per heavy atom. The van der Waals surface area contributed by atoms with E-state index in [9.17, 15) is 9.59 Å². The number of carbonyl (C=O) groups is 1. The van der Waals surface area contributed by atoms with Gasteiger partial charge in [0.15, 0.2) is 0 Å². The summed E-state index contributed by atoms with van der Waals surface area (Å²) < 4.78 is 10.9. The van der Waals surface area contributed by atoms with Gasteiger partial charge in [0.1, 0.15) is 17.1 Å². The molecule has 0 fully saturated rings. The van der Waals surface area contributed by atoms with Crippen LogP contribution in [0.1, 0.15) is 11.3 Å². The number of fused-ring (bicyclic) bond motifs is 1. The van der Waals surface area contributed by atoms with Crippen molar-refractivity contribution in [3.05, 3.63) is 51.9 Å². The number of nitrogens with one attached hydrogen (secondary N) is 1. The number of aliphatic carboxylic acids is 1. The molecule has 0 radical (unpaired) electrons. The minimum Gasteiger partial charge on any atom is -0.497 e. The van der Waals surface area contributed by atoms with Crippen molar-refractivity contribution in [2.24, 2.45) is 0 Å². The minimum absolute atomic E-state index is 0.281. The largest absolute Gasteiger partial charge is 0.497 e. The number of rotatable bonds is 4. The lowest BCUT2D eigenvalue weighted by Crippen LogP contribution is -2.10. The number of ether oxygens (including phenoxy) is 1. The predicted molar refractivity (Wildman–Crippen MR) is 84.9 cm³/mol. The lowest BCUT2D eigenvalue weighted by atomic mass is 10.0. The number of aromatic amines is 1. The fourth-order valence-electron chi connectivity index (χ4n) is 2.61. The Kier molecular flexibility index (Phi) is 3.65. The fraction of sp³-hybridized carbons (Fsp3) is 0.176. The topological polar surface area (TPSA) is 92.5 Å². The number of methoxy groups -OCH3 is 1. The first-order chi connectivity index (χ1) is 11.0. The van der Waals surface area contributed by atoms with Crippen LogP contribution in [-0.2, 0) is 11.2 Å². The van der Waals surface area contributed by atoms with Crippen molar-refractivity contribution in [2.45, 2.75) is 13.3 Å². The van der Waals surface area contributed by atoms with Crippen molar-refractivity contribution in [3.63, 3.8) is 0 Å². The highest BCUT2D eigenvalue weighted by atomic mass is 16.5.